The fourth-order valence-electron chi connectivity index (χ4n) is 1.55. The van der Waals surface area contributed by atoms with Crippen LogP contribution in [0.5, 0.6) is 0 Å². The third-order valence-corrected chi connectivity index (χ3v) is 5.61. The van der Waals surface area contributed by atoms with Gasteiger partial charge in [-0.25, -0.2) is 4.79 Å². The maximum Gasteiger partial charge on any atom is 0.315 e. The average molecular weight is 281 g/mol. The number of urea groups is 1. The van der Waals surface area contributed by atoms with E-state index in [1.54, 1.807) is 13.3 Å². The van der Waals surface area contributed by atoms with Crippen LogP contribution in [0.1, 0.15) is 12.1 Å². The Morgan fingerprint density at radius 1 is 1.37 bits per heavy atom. The Labute approximate surface area is 115 Å². The maximum absolute atomic E-state index is 11.5. The molecule has 2 amide bonds. The van der Waals surface area contributed by atoms with Crippen LogP contribution in [0.2, 0.25) is 19.1 Å². The van der Waals surface area contributed by atoms with Crippen molar-refractivity contribution in [2.24, 2.45) is 0 Å². The predicted octanol–water partition coefficient (Wildman–Crippen LogP) is 2.12. The highest BCUT2D eigenvalue weighted by Crippen LogP contribution is 2.11. The van der Waals surface area contributed by atoms with Crippen LogP contribution in [0.15, 0.2) is 24.4 Å². The summed E-state index contributed by atoms with van der Waals surface area (Å²) in [5.41, 5.74) is 0.852. The van der Waals surface area contributed by atoms with Crippen LogP contribution >= 0.6 is 0 Å². The van der Waals surface area contributed by atoms with Crippen molar-refractivity contribution in [3.8, 4) is 0 Å². The van der Waals surface area contributed by atoms with E-state index in [1.807, 2.05) is 18.2 Å². The number of nitrogens with one attached hydrogen (secondary N) is 2. The van der Waals surface area contributed by atoms with Crippen molar-refractivity contribution >= 4 is 14.3 Å². The molecule has 1 rings (SSSR count). The molecule has 5 nitrogen and oxygen atoms in total. The van der Waals surface area contributed by atoms with Crippen molar-refractivity contribution in [2.45, 2.75) is 32.1 Å². The van der Waals surface area contributed by atoms with Crippen molar-refractivity contribution in [2.75, 3.05) is 13.7 Å². The summed E-state index contributed by atoms with van der Waals surface area (Å²) in [6, 6.07) is 6.53. The Bertz CT molecular complexity index is 385. The van der Waals surface area contributed by atoms with Crippen molar-refractivity contribution < 1.29 is 9.22 Å². The lowest BCUT2D eigenvalue weighted by atomic mass is 10.3. The highest BCUT2D eigenvalue weighted by atomic mass is 28.4. The van der Waals surface area contributed by atoms with Crippen molar-refractivity contribution in [1.29, 1.82) is 0 Å². The summed E-state index contributed by atoms with van der Waals surface area (Å²) in [7, 11) is 0.261. The molecule has 0 aliphatic rings. The van der Waals surface area contributed by atoms with Gasteiger partial charge in [-0.2, -0.15) is 0 Å². The Kier molecular flexibility index (Phi) is 6.51. The number of amides is 2. The first-order valence-electron chi connectivity index (χ1n) is 6.50. The zero-order valence-corrected chi connectivity index (χ0v) is 12.9. The highest BCUT2D eigenvalue weighted by molar-refractivity contribution is 6.71. The summed E-state index contributed by atoms with van der Waals surface area (Å²) in [5, 5.41) is 5.62. The molecule has 1 heterocycles. The molecule has 2 N–H and O–H groups in total. The van der Waals surface area contributed by atoms with Crippen molar-refractivity contribution in [3.63, 3.8) is 0 Å². The lowest BCUT2D eigenvalue weighted by Gasteiger charge is -2.19. The van der Waals surface area contributed by atoms with E-state index in [0.717, 1.165) is 18.2 Å². The lowest BCUT2D eigenvalue weighted by Crippen LogP contribution is -2.37. The van der Waals surface area contributed by atoms with Crippen LogP contribution in [-0.4, -0.2) is 33.0 Å². The van der Waals surface area contributed by atoms with Crippen LogP contribution < -0.4 is 10.6 Å². The molecule has 0 fully saturated rings. The van der Waals surface area contributed by atoms with Gasteiger partial charge in [-0.05, 0) is 37.7 Å². The fraction of sp³-hybridized carbons (Fsp3) is 0.538. The number of carbonyl (C=O) groups excluding carboxylic acids is 1. The molecule has 6 heteroatoms. The Hall–Kier alpha value is -1.40. The number of pyridine rings is 1. The van der Waals surface area contributed by atoms with E-state index >= 15 is 0 Å². The Balaban J connectivity index is 2.12. The van der Waals surface area contributed by atoms with Crippen molar-refractivity contribution in [1.82, 2.24) is 15.6 Å². The molecule has 1 aromatic heterocycles. The van der Waals surface area contributed by atoms with Gasteiger partial charge in [0, 0.05) is 19.9 Å². The molecular weight excluding hydrogens is 258 g/mol. The molecule has 1 aromatic rings. The number of aromatic nitrogens is 1. The first-order chi connectivity index (χ1) is 9.03. The van der Waals surface area contributed by atoms with Gasteiger partial charge < -0.3 is 15.1 Å². The Morgan fingerprint density at radius 2 is 2.16 bits per heavy atom. The van der Waals surface area contributed by atoms with Gasteiger partial charge in [0.25, 0.3) is 0 Å². The van der Waals surface area contributed by atoms with Crippen LogP contribution in [0.3, 0.4) is 0 Å². The molecule has 0 aliphatic carbocycles. The predicted molar refractivity (Wildman–Crippen MR) is 78.4 cm³/mol. The summed E-state index contributed by atoms with van der Waals surface area (Å²) in [6.07, 6.45) is 2.66. The van der Waals surface area contributed by atoms with Gasteiger partial charge >= 0.3 is 6.03 Å². The molecule has 0 aromatic carbocycles. The second-order valence-electron chi connectivity index (χ2n) is 5.00. The first kappa shape index (κ1) is 15.7. The molecule has 0 unspecified atom stereocenters. The standard InChI is InChI=1S/C13H23N3O2Si/c1-18-19(2,3)10-6-9-15-13(17)16-11-12-7-4-5-8-14-12/h4-5,7-8H,6,9-11H2,1-3H3,(H2,15,16,17). The second-order valence-corrected chi connectivity index (χ2v) is 9.43. The van der Waals surface area contributed by atoms with E-state index in [2.05, 4.69) is 28.7 Å². The minimum absolute atomic E-state index is 0.150. The largest absolute Gasteiger partial charge is 0.420 e. The Morgan fingerprint density at radius 3 is 2.79 bits per heavy atom. The van der Waals surface area contributed by atoms with Gasteiger partial charge in [0.2, 0.25) is 0 Å². The number of rotatable bonds is 7. The minimum Gasteiger partial charge on any atom is -0.420 e. The van der Waals surface area contributed by atoms with E-state index in [1.165, 1.54) is 0 Å². The molecule has 0 spiro atoms. The molecule has 0 saturated carbocycles. The molecular formula is C13H23N3O2Si. The third kappa shape index (κ3) is 6.93. The maximum atomic E-state index is 11.5. The van der Waals surface area contributed by atoms with Crippen LogP contribution in [-0.2, 0) is 11.0 Å². The normalized spacial score (nSPS) is 11.1. The number of nitrogens with zero attached hydrogens (tertiary/aromatic N) is 1. The quantitative estimate of drug-likeness (QED) is 0.594. The second kappa shape index (κ2) is 7.91. The third-order valence-electron chi connectivity index (χ3n) is 2.95. The zero-order valence-electron chi connectivity index (χ0n) is 11.9. The lowest BCUT2D eigenvalue weighted by molar-refractivity contribution is 0.240. The van der Waals surface area contributed by atoms with Gasteiger partial charge in [0.05, 0.1) is 12.2 Å². The SMILES string of the molecule is CO[Si](C)(C)CCCNC(=O)NCc1ccccn1. The molecule has 0 bridgehead atoms. The molecule has 0 saturated heterocycles. The van der Waals surface area contributed by atoms with E-state index in [4.69, 9.17) is 4.43 Å². The molecule has 106 valence electrons. The van der Waals surface area contributed by atoms with Gasteiger partial charge in [0.15, 0.2) is 8.32 Å². The number of carbonyl (C=O) groups is 1. The van der Waals surface area contributed by atoms with E-state index < -0.39 is 8.32 Å². The molecule has 0 atom stereocenters. The van der Waals surface area contributed by atoms with E-state index in [0.29, 0.717) is 13.1 Å². The van der Waals surface area contributed by atoms with E-state index in [-0.39, 0.29) is 6.03 Å². The summed E-state index contributed by atoms with van der Waals surface area (Å²) >= 11 is 0. The van der Waals surface area contributed by atoms with Gasteiger partial charge in [-0.1, -0.05) is 6.07 Å². The molecule has 19 heavy (non-hydrogen) atoms. The monoisotopic (exact) mass is 281 g/mol. The number of hydrogen-bond donors (Lipinski definition) is 2. The molecule has 0 radical (unpaired) electrons. The summed E-state index contributed by atoms with van der Waals surface area (Å²) in [4.78, 5) is 15.7. The fourth-order valence-corrected chi connectivity index (χ4v) is 2.79. The first-order valence-corrected chi connectivity index (χ1v) is 9.62. The summed E-state index contributed by atoms with van der Waals surface area (Å²) in [5.74, 6) is 0. The smallest absolute Gasteiger partial charge is 0.315 e. The highest BCUT2D eigenvalue weighted by Gasteiger charge is 2.19. The van der Waals surface area contributed by atoms with Crippen LogP contribution in [0.25, 0.3) is 0 Å². The average Bonchev–Trinajstić information content (AvgIpc) is 2.42. The van der Waals surface area contributed by atoms with Crippen LogP contribution in [0.4, 0.5) is 4.79 Å². The van der Waals surface area contributed by atoms with Crippen LogP contribution in [0, 0.1) is 0 Å². The summed E-state index contributed by atoms with van der Waals surface area (Å²) in [6.45, 7) is 5.47. The van der Waals surface area contributed by atoms with Gasteiger partial charge in [-0.15, -0.1) is 0 Å². The topological polar surface area (TPSA) is 63.2 Å². The summed E-state index contributed by atoms with van der Waals surface area (Å²) < 4.78 is 5.45. The molecule has 0 aliphatic heterocycles. The van der Waals surface area contributed by atoms with Crippen molar-refractivity contribution in [3.05, 3.63) is 30.1 Å². The number of hydrogen-bond acceptors (Lipinski definition) is 3. The van der Waals surface area contributed by atoms with Gasteiger partial charge in [-0.3, -0.25) is 4.98 Å². The minimum atomic E-state index is -1.50. The zero-order chi connectivity index (χ0) is 14.1. The van der Waals surface area contributed by atoms with E-state index in [9.17, 15) is 4.79 Å². The van der Waals surface area contributed by atoms with Gasteiger partial charge in [0.1, 0.15) is 0 Å².